The highest BCUT2D eigenvalue weighted by molar-refractivity contribution is 5.49. The largest absolute Gasteiger partial charge is 0.373 e. The monoisotopic (exact) mass is 301 g/mol. The van der Waals surface area contributed by atoms with Crippen molar-refractivity contribution in [3.8, 4) is 0 Å². The van der Waals surface area contributed by atoms with Crippen LogP contribution in [0.3, 0.4) is 0 Å². The molecule has 2 unspecified atom stereocenters. The molecule has 0 spiro atoms. The summed E-state index contributed by atoms with van der Waals surface area (Å²) >= 11 is 0. The highest BCUT2D eigenvalue weighted by atomic mass is 15.2. The Bertz CT molecular complexity index is 502. The van der Waals surface area contributed by atoms with Gasteiger partial charge in [0.25, 0.3) is 0 Å². The van der Waals surface area contributed by atoms with Gasteiger partial charge in [-0.2, -0.15) is 0 Å². The van der Waals surface area contributed by atoms with Gasteiger partial charge >= 0.3 is 0 Å². The Morgan fingerprint density at radius 3 is 3.00 bits per heavy atom. The van der Waals surface area contributed by atoms with Crippen molar-refractivity contribution in [3.05, 3.63) is 24.5 Å². The summed E-state index contributed by atoms with van der Waals surface area (Å²) in [7, 11) is 1.90. The Kier molecular flexibility index (Phi) is 5.27. The summed E-state index contributed by atoms with van der Waals surface area (Å²) < 4.78 is 0. The number of nitrogens with one attached hydrogen (secondary N) is 2. The molecule has 1 aromatic heterocycles. The van der Waals surface area contributed by atoms with Crippen molar-refractivity contribution in [2.45, 2.75) is 38.1 Å². The zero-order valence-corrected chi connectivity index (χ0v) is 13.5. The van der Waals surface area contributed by atoms with Crippen LogP contribution in [0.4, 0.5) is 11.6 Å². The minimum absolute atomic E-state index is 0.554. The molecular formula is C17H27N5. The molecule has 1 aromatic rings. The number of hydrogen-bond acceptors (Lipinski definition) is 5. The van der Waals surface area contributed by atoms with Gasteiger partial charge in [-0.3, -0.25) is 0 Å². The number of aromatic nitrogens is 2. The SMILES string of the molecule is CNc1cc(N2CCCC2CNCC2CC=CCC2)ncn1. The molecule has 0 aromatic carbocycles. The first kappa shape index (κ1) is 15.3. The summed E-state index contributed by atoms with van der Waals surface area (Å²) in [6, 6.07) is 2.60. The maximum Gasteiger partial charge on any atom is 0.134 e. The molecule has 1 saturated heterocycles. The smallest absolute Gasteiger partial charge is 0.134 e. The lowest BCUT2D eigenvalue weighted by atomic mass is 9.94. The second-order valence-corrected chi connectivity index (χ2v) is 6.31. The fraction of sp³-hybridized carbons (Fsp3) is 0.647. The van der Waals surface area contributed by atoms with Gasteiger partial charge in [-0.25, -0.2) is 9.97 Å². The normalized spacial score (nSPS) is 24.7. The van der Waals surface area contributed by atoms with E-state index >= 15 is 0 Å². The van der Waals surface area contributed by atoms with E-state index in [1.807, 2.05) is 13.1 Å². The van der Waals surface area contributed by atoms with Crippen LogP contribution in [-0.2, 0) is 0 Å². The van der Waals surface area contributed by atoms with E-state index in [4.69, 9.17) is 0 Å². The molecule has 5 nitrogen and oxygen atoms in total. The van der Waals surface area contributed by atoms with Crippen molar-refractivity contribution in [1.29, 1.82) is 0 Å². The topological polar surface area (TPSA) is 53.1 Å². The van der Waals surface area contributed by atoms with E-state index in [0.717, 1.165) is 37.2 Å². The van der Waals surface area contributed by atoms with Gasteiger partial charge < -0.3 is 15.5 Å². The Balaban J connectivity index is 1.52. The minimum atomic E-state index is 0.554. The van der Waals surface area contributed by atoms with Crippen LogP contribution in [0.15, 0.2) is 24.5 Å². The third-order valence-electron chi connectivity index (χ3n) is 4.77. The van der Waals surface area contributed by atoms with E-state index < -0.39 is 0 Å². The molecule has 0 radical (unpaired) electrons. The molecule has 2 N–H and O–H groups in total. The lowest BCUT2D eigenvalue weighted by molar-refractivity contribution is 0.429. The van der Waals surface area contributed by atoms with Crippen molar-refractivity contribution in [3.63, 3.8) is 0 Å². The van der Waals surface area contributed by atoms with Crippen LogP contribution in [0, 0.1) is 5.92 Å². The van der Waals surface area contributed by atoms with Gasteiger partial charge in [-0.05, 0) is 44.6 Å². The first-order valence-corrected chi connectivity index (χ1v) is 8.49. The standard InChI is InChI=1S/C17H27N5/c1-18-16-10-17(21-13-20-16)22-9-5-8-15(22)12-19-11-14-6-3-2-4-7-14/h2-3,10,13-15,19H,4-9,11-12H2,1H3,(H,18,20,21). The van der Waals surface area contributed by atoms with Gasteiger partial charge in [-0.15, -0.1) is 0 Å². The first-order chi connectivity index (χ1) is 10.9. The van der Waals surface area contributed by atoms with Gasteiger partial charge in [0, 0.05) is 32.2 Å². The fourth-order valence-corrected chi connectivity index (χ4v) is 3.49. The lowest BCUT2D eigenvalue weighted by Crippen LogP contribution is -2.40. The Labute approximate surface area is 133 Å². The fourth-order valence-electron chi connectivity index (χ4n) is 3.49. The van der Waals surface area contributed by atoms with Gasteiger partial charge in [0.1, 0.15) is 18.0 Å². The van der Waals surface area contributed by atoms with Gasteiger partial charge in [0.2, 0.25) is 0 Å². The van der Waals surface area contributed by atoms with E-state index in [1.165, 1.54) is 32.1 Å². The van der Waals surface area contributed by atoms with Crippen molar-refractivity contribution in [2.75, 3.05) is 36.9 Å². The quantitative estimate of drug-likeness (QED) is 0.790. The summed E-state index contributed by atoms with van der Waals surface area (Å²) in [5, 5.41) is 6.78. The van der Waals surface area contributed by atoms with E-state index in [1.54, 1.807) is 6.33 Å². The van der Waals surface area contributed by atoms with Crippen LogP contribution < -0.4 is 15.5 Å². The molecule has 1 aliphatic heterocycles. The number of hydrogen-bond donors (Lipinski definition) is 2. The second-order valence-electron chi connectivity index (χ2n) is 6.31. The summed E-state index contributed by atoms with van der Waals surface area (Å²) in [6.07, 6.45) is 12.6. The molecule has 2 atom stereocenters. The zero-order valence-electron chi connectivity index (χ0n) is 13.5. The third-order valence-corrected chi connectivity index (χ3v) is 4.77. The molecule has 2 heterocycles. The van der Waals surface area contributed by atoms with Crippen molar-refractivity contribution >= 4 is 11.6 Å². The number of rotatable bonds is 6. The Hall–Kier alpha value is -1.62. The van der Waals surface area contributed by atoms with Crippen LogP contribution in [0.1, 0.15) is 32.1 Å². The van der Waals surface area contributed by atoms with Crippen LogP contribution in [0.25, 0.3) is 0 Å². The molecule has 2 aliphatic rings. The third kappa shape index (κ3) is 3.77. The van der Waals surface area contributed by atoms with Gasteiger partial charge in [-0.1, -0.05) is 12.2 Å². The van der Waals surface area contributed by atoms with Crippen LogP contribution in [-0.4, -0.2) is 42.7 Å². The predicted octanol–water partition coefficient (Wildman–Crippen LogP) is 2.43. The molecule has 5 heteroatoms. The molecule has 120 valence electrons. The molecule has 0 saturated carbocycles. The molecule has 1 fully saturated rings. The van der Waals surface area contributed by atoms with Gasteiger partial charge in [0.15, 0.2) is 0 Å². The molecule has 22 heavy (non-hydrogen) atoms. The van der Waals surface area contributed by atoms with E-state index in [-0.39, 0.29) is 0 Å². The lowest BCUT2D eigenvalue weighted by Gasteiger charge is -2.27. The van der Waals surface area contributed by atoms with Crippen LogP contribution in [0.2, 0.25) is 0 Å². The summed E-state index contributed by atoms with van der Waals surface area (Å²) in [5.41, 5.74) is 0. The molecule has 0 bridgehead atoms. The second kappa shape index (κ2) is 7.58. The van der Waals surface area contributed by atoms with E-state index in [0.29, 0.717) is 6.04 Å². The van der Waals surface area contributed by atoms with Crippen molar-refractivity contribution in [2.24, 2.45) is 5.92 Å². The average Bonchev–Trinajstić information content (AvgIpc) is 3.04. The highest BCUT2D eigenvalue weighted by Crippen LogP contribution is 2.24. The first-order valence-electron chi connectivity index (χ1n) is 8.49. The minimum Gasteiger partial charge on any atom is -0.373 e. The molecule has 0 amide bonds. The van der Waals surface area contributed by atoms with E-state index in [9.17, 15) is 0 Å². The van der Waals surface area contributed by atoms with Crippen LogP contribution in [0.5, 0.6) is 0 Å². The Morgan fingerprint density at radius 2 is 2.18 bits per heavy atom. The maximum absolute atomic E-state index is 4.46. The van der Waals surface area contributed by atoms with E-state index in [2.05, 4.69) is 37.7 Å². The number of anilines is 2. The van der Waals surface area contributed by atoms with Crippen LogP contribution >= 0.6 is 0 Å². The number of nitrogens with zero attached hydrogens (tertiary/aromatic N) is 3. The van der Waals surface area contributed by atoms with Crippen molar-refractivity contribution < 1.29 is 0 Å². The zero-order chi connectivity index (χ0) is 15.2. The predicted molar refractivity (Wildman–Crippen MR) is 91.3 cm³/mol. The molecule has 3 rings (SSSR count). The average molecular weight is 301 g/mol. The maximum atomic E-state index is 4.46. The summed E-state index contributed by atoms with van der Waals surface area (Å²) in [6.45, 7) is 3.29. The van der Waals surface area contributed by atoms with Gasteiger partial charge in [0.05, 0.1) is 0 Å². The van der Waals surface area contributed by atoms with Crippen molar-refractivity contribution in [1.82, 2.24) is 15.3 Å². The summed E-state index contributed by atoms with van der Waals surface area (Å²) in [5.74, 6) is 2.75. The molecule has 1 aliphatic carbocycles. The molecular weight excluding hydrogens is 274 g/mol. The Morgan fingerprint density at radius 1 is 1.23 bits per heavy atom. The number of allylic oxidation sites excluding steroid dienone is 2. The summed E-state index contributed by atoms with van der Waals surface area (Å²) in [4.78, 5) is 11.1. The highest BCUT2D eigenvalue weighted by Gasteiger charge is 2.25.